The highest BCUT2D eigenvalue weighted by Crippen LogP contribution is 2.20. The van der Waals surface area contributed by atoms with Crippen molar-refractivity contribution in [2.24, 2.45) is 5.92 Å². The Morgan fingerprint density at radius 3 is 2.59 bits per heavy atom. The highest BCUT2D eigenvalue weighted by Gasteiger charge is 2.15. The van der Waals surface area contributed by atoms with Crippen molar-refractivity contribution in [3.8, 4) is 5.75 Å². The fourth-order valence-corrected chi connectivity index (χ4v) is 2.78. The van der Waals surface area contributed by atoms with Gasteiger partial charge in [-0.15, -0.1) is 11.3 Å². The number of benzene rings is 1. The van der Waals surface area contributed by atoms with E-state index in [1.807, 2.05) is 38.1 Å². The molecule has 0 unspecified atom stereocenters. The van der Waals surface area contributed by atoms with Crippen LogP contribution in [-0.4, -0.2) is 17.4 Å². The van der Waals surface area contributed by atoms with Crippen molar-refractivity contribution >= 4 is 17.2 Å². The smallest absolute Gasteiger partial charge is 0.263 e. The van der Waals surface area contributed by atoms with Crippen LogP contribution in [0.3, 0.4) is 0 Å². The topological polar surface area (TPSA) is 51.2 Å². The summed E-state index contributed by atoms with van der Waals surface area (Å²) in [6, 6.07) is 7.89. The minimum Gasteiger partial charge on any atom is -0.486 e. The van der Waals surface area contributed by atoms with Gasteiger partial charge in [-0.05, 0) is 31.9 Å². The molecule has 2 aromatic rings. The van der Waals surface area contributed by atoms with Crippen LogP contribution in [0.25, 0.3) is 0 Å². The molecule has 0 spiro atoms. The third-order valence-electron chi connectivity index (χ3n) is 3.10. The molecule has 0 aliphatic carbocycles. The number of hydrogen-bond donors (Lipinski definition) is 1. The average Bonchev–Trinajstić information content (AvgIpc) is 2.85. The molecule has 4 nitrogen and oxygen atoms in total. The lowest BCUT2D eigenvalue weighted by Crippen LogP contribution is -2.27. The van der Waals surface area contributed by atoms with E-state index in [9.17, 15) is 4.79 Å². The molecule has 1 N–H and O–H groups in total. The summed E-state index contributed by atoms with van der Waals surface area (Å²) in [6.45, 7) is 9.09. The Labute approximate surface area is 135 Å². The van der Waals surface area contributed by atoms with Gasteiger partial charge in [0.1, 0.15) is 22.2 Å². The summed E-state index contributed by atoms with van der Waals surface area (Å²) in [5.41, 5.74) is 1.95. The maximum atomic E-state index is 12.1. The molecule has 0 radical (unpaired) electrons. The van der Waals surface area contributed by atoms with Crippen LogP contribution in [-0.2, 0) is 6.61 Å². The molecule has 0 saturated carbocycles. The van der Waals surface area contributed by atoms with Gasteiger partial charge in [0.15, 0.2) is 0 Å². The number of aromatic nitrogens is 1. The third kappa shape index (κ3) is 4.56. The summed E-state index contributed by atoms with van der Waals surface area (Å²) < 4.78 is 5.71. The lowest BCUT2D eigenvalue weighted by Gasteiger charge is -2.06. The van der Waals surface area contributed by atoms with Gasteiger partial charge in [-0.3, -0.25) is 4.79 Å². The molecule has 5 heteroatoms. The third-order valence-corrected chi connectivity index (χ3v) is 4.23. The van der Waals surface area contributed by atoms with Gasteiger partial charge in [0.25, 0.3) is 5.91 Å². The number of nitrogens with one attached hydrogen (secondary N) is 1. The zero-order chi connectivity index (χ0) is 16.1. The fraction of sp³-hybridized carbons (Fsp3) is 0.412. The molecular formula is C17H22N2O2S. The Hall–Kier alpha value is -1.88. The highest BCUT2D eigenvalue weighted by molar-refractivity contribution is 7.13. The van der Waals surface area contributed by atoms with Crippen molar-refractivity contribution < 1.29 is 9.53 Å². The van der Waals surface area contributed by atoms with Crippen LogP contribution in [0.2, 0.25) is 0 Å². The number of ether oxygens (including phenoxy) is 1. The Bertz CT molecular complexity index is 633. The number of carbonyl (C=O) groups excluding carboxylic acids is 1. The van der Waals surface area contributed by atoms with Crippen LogP contribution in [0, 0.1) is 19.8 Å². The molecule has 0 saturated heterocycles. The summed E-state index contributed by atoms with van der Waals surface area (Å²) in [6.07, 6.45) is 0. The Kier molecular flexibility index (Phi) is 5.55. The number of carbonyl (C=O) groups is 1. The number of hydrogen-bond acceptors (Lipinski definition) is 4. The quantitative estimate of drug-likeness (QED) is 0.883. The predicted molar refractivity (Wildman–Crippen MR) is 89.5 cm³/mol. The Morgan fingerprint density at radius 1 is 1.27 bits per heavy atom. The molecule has 1 aromatic carbocycles. The first kappa shape index (κ1) is 16.5. The molecule has 0 aliphatic heterocycles. The summed E-state index contributed by atoms with van der Waals surface area (Å²) in [5.74, 6) is 1.19. The van der Waals surface area contributed by atoms with Crippen molar-refractivity contribution in [2.75, 3.05) is 6.54 Å². The Morgan fingerprint density at radius 2 is 1.95 bits per heavy atom. The van der Waals surface area contributed by atoms with Crippen LogP contribution in [0.1, 0.15) is 39.8 Å². The molecule has 0 atom stereocenters. The maximum Gasteiger partial charge on any atom is 0.263 e. The van der Waals surface area contributed by atoms with Gasteiger partial charge in [-0.2, -0.15) is 0 Å². The highest BCUT2D eigenvalue weighted by atomic mass is 32.1. The second-order valence-corrected chi connectivity index (χ2v) is 6.81. The first-order valence-electron chi connectivity index (χ1n) is 7.39. The van der Waals surface area contributed by atoms with Crippen LogP contribution in [0.15, 0.2) is 24.3 Å². The standard InChI is InChI=1S/C17H22N2O2S/c1-11(2)9-18-17(20)16-13(4)19-15(22-16)10-21-14-7-5-12(3)6-8-14/h5-8,11H,9-10H2,1-4H3,(H,18,20). The minimum atomic E-state index is -0.0507. The van der Waals surface area contributed by atoms with Crippen molar-refractivity contribution in [3.63, 3.8) is 0 Å². The summed E-state index contributed by atoms with van der Waals surface area (Å²) >= 11 is 1.39. The van der Waals surface area contributed by atoms with E-state index < -0.39 is 0 Å². The largest absolute Gasteiger partial charge is 0.486 e. The van der Waals surface area contributed by atoms with Gasteiger partial charge in [0.05, 0.1) is 5.69 Å². The van der Waals surface area contributed by atoms with Crippen LogP contribution in [0.5, 0.6) is 5.75 Å². The van der Waals surface area contributed by atoms with Gasteiger partial charge < -0.3 is 10.1 Å². The predicted octanol–water partition coefficient (Wildman–Crippen LogP) is 3.72. The van der Waals surface area contributed by atoms with E-state index >= 15 is 0 Å². The van der Waals surface area contributed by atoms with E-state index in [0.717, 1.165) is 16.5 Å². The summed E-state index contributed by atoms with van der Waals surface area (Å²) in [4.78, 5) is 17.2. The van der Waals surface area contributed by atoms with Crippen LogP contribution >= 0.6 is 11.3 Å². The van der Waals surface area contributed by atoms with Crippen LogP contribution in [0.4, 0.5) is 0 Å². The number of thiazole rings is 1. The van der Waals surface area contributed by atoms with Gasteiger partial charge in [0.2, 0.25) is 0 Å². The van der Waals surface area contributed by atoms with Crippen molar-refractivity contribution in [1.82, 2.24) is 10.3 Å². The van der Waals surface area contributed by atoms with Gasteiger partial charge in [-0.25, -0.2) is 4.98 Å². The molecule has 22 heavy (non-hydrogen) atoms. The van der Waals surface area contributed by atoms with Crippen LogP contribution < -0.4 is 10.1 Å². The molecular weight excluding hydrogens is 296 g/mol. The van der Waals surface area contributed by atoms with E-state index in [2.05, 4.69) is 24.1 Å². The zero-order valence-corrected chi connectivity index (χ0v) is 14.3. The summed E-state index contributed by atoms with van der Waals surface area (Å²) in [5, 5.41) is 3.74. The maximum absolute atomic E-state index is 12.1. The molecule has 1 aromatic heterocycles. The molecule has 0 bridgehead atoms. The molecule has 0 fully saturated rings. The lowest BCUT2D eigenvalue weighted by molar-refractivity contribution is 0.0952. The van der Waals surface area contributed by atoms with E-state index in [-0.39, 0.29) is 5.91 Å². The Balaban J connectivity index is 1.97. The second-order valence-electron chi connectivity index (χ2n) is 5.73. The minimum absolute atomic E-state index is 0.0507. The van der Waals surface area contributed by atoms with E-state index in [1.54, 1.807) is 0 Å². The normalized spacial score (nSPS) is 10.8. The van der Waals surface area contributed by atoms with Crippen molar-refractivity contribution in [3.05, 3.63) is 45.4 Å². The number of aryl methyl sites for hydroxylation is 2. The SMILES string of the molecule is Cc1ccc(OCc2nc(C)c(C(=O)NCC(C)C)s2)cc1. The molecule has 118 valence electrons. The van der Waals surface area contributed by atoms with Gasteiger partial charge in [0, 0.05) is 6.54 Å². The number of rotatable bonds is 6. The molecule has 1 amide bonds. The van der Waals surface area contributed by atoms with Crippen molar-refractivity contribution in [2.45, 2.75) is 34.3 Å². The van der Waals surface area contributed by atoms with Gasteiger partial charge in [-0.1, -0.05) is 31.5 Å². The monoisotopic (exact) mass is 318 g/mol. The second kappa shape index (κ2) is 7.40. The van der Waals surface area contributed by atoms with E-state index in [0.29, 0.717) is 23.9 Å². The average molecular weight is 318 g/mol. The van der Waals surface area contributed by atoms with Gasteiger partial charge >= 0.3 is 0 Å². The summed E-state index contributed by atoms with van der Waals surface area (Å²) in [7, 11) is 0. The first-order valence-corrected chi connectivity index (χ1v) is 8.21. The van der Waals surface area contributed by atoms with E-state index in [1.165, 1.54) is 16.9 Å². The number of amides is 1. The van der Waals surface area contributed by atoms with E-state index in [4.69, 9.17) is 4.74 Å². The molecule has 1 heterocycles. The first-order chi connectivity index (χ1) is 10.5. The number of nitrogens with zero attached hydrogens (tertiary/aromatic N) is 1. The van der Waals surface area contributed by atoms with Crippen molar-refractivity contribution in [1.29, 1.82) is 0 Å². The molecule has 0 aliphatic rings. The zero-order valence-electron chi connectivity index (χ0n) is 13.5. The fourth-order valence-electron chi connectivity index (χ4n) is 1.88. The lowest BCUT2D eigenvalue weighted by atomic mass is 10.2. The molecule has 2 rings (SSSR count).